The number of nitrogens with one attached hydrogen (secondary N) is 1. The maximum Gasteiger partial charge on any atom is 0.271 e. The van der Waals surface area contributed by atoms with Crippen LogP contribution in [0.5, 0.6) is 0 Å². The number of non-ortho nitro benzene ring substituents is 1. The summed E-state index contributed by atoms with van der Waals surface area (Å²) in [5.41, 5.74) is -0.0898. The third kappa shape index (κ3) is 3.39. The maximum absolute atomic E-state index is 13.6. The van der Waals surface area contributed by atoms with Gasteiger partial charge in [0, 0.05) is 12.1 Å². The van der Waals surface area contributed by atoms with Crippen molar-refractivity contribution in [2.24, 2.45) is 0 Å². The van der Waals surface area contributed by atoms with Gasteiger partial charge >= 0.3 is 0 Å². The van der Waals surface area contributed by atoms with Crippen molar-refractivity contribution in [3.8, 4) is 0 Å². The molecule has 0 bridgehead atoms. The number of benzene rings is 1. The van der Waals surface area contributed by atoms with E-state index in [9.17, 15) is 14.5 Å². The molecule has 0 unspecified atom stereocenters. The Morgan fingerprint density at radius 2 is 2.05 bits per heavy atom. The maximum atomic E-state index is 13.6. The van der Waals surface area contributed by atoms with E-state index in [1.54, 1.807) is 13.8 Å². The number of ether oxygens (including phenoxy) is 2. The summed E-state index contributed by atoms with van der Waals surface area (Å²) in [7, 11) is 0. The Morgan fingerprint density at radius 3 is 2.63 bits per heavy atom. The quantitative estimate of drug-likeness (QED) is 0.674. The van der Waals surface area contributed by atoms with Crippen molar-refractivity contribution < 1.29 is 18.8 Å². The van der Waals surface area contributed by atoms with E-state index in [0.717, 1.165) is 18.2 Å². The Kier molecular flexibility index (Phi) is 3.68. The van der Waals surface area contributed by atoms with Crippen LogP contribution in [0.15, 0.2) is 18.2 Å². The van der Waals surface area contributed by atoms with Gasteiger partial charge < -0.3 is 14.8 Å². The summed E-state index contributed by atoms with van der Waals surface area (Å²) in [5.74, 6) is -1.20. The van der Waals surface area contributed by atoms with E-state index < -0.39 is 16.5 Å². The zero-order valence-electron chi connectivity index (χ0n) is 10.7. The van der Waals surface area contributed by atoms with Crippen LogP contribution in [0.3, 0.4) is 0 Å². The summed E-state index contributed by atoms with van der Waals surface area (Å²) >= 11 is 0. The topological polar surface area (TPSA) is 73.6 Å². The van der Waals surface area contributed by atoms with Gasteiger partial charge in [-0.25, -0.2) is 4.39 Å². The molecule has 0 saturated carbocycles. The highest BCUT2D eigenvalue weighted by molar-refractivity contribution is 5.52. The molecular formula is C12H15FN2O4. The fraction of sp³-hybridized carbons (Fsp3) is 0.500. The molecule has 1 fully saturated rings. The Labute approximate surface area is 109 Å². The second-order valence-electron chi connectivity index (χ2n) is 4.78. The molecule has 7 heteroatoms. The highest BCUT2D eigenvalue weighted by Gasteiger charge is 2.28. The minimum atomic E-state index is -0.653. The van der Waals surface area contributed by atoms with Crippen LogP contribution in [0.2, 0.25) is 0 Å². The molecule has 0 aliphatic carbocycles. The van der Waals surface area contributed by atoms with Crippen molar-refractivity contribution in [2.75, 3.05) is 18.5 Å². The van der Waals surface area contributed by atoms with Crippen LogP contribution in [0, 0.1) is 15.9 Å². The first-order valence-corrected chi connectivity index (χ1v) is 5.86. The van der Waals surface area contributed by atoms with E-state index in [0.29, 0.717) is 13.2 Å². The molecule has 1 aromatic rings. The van der Waals surface area contributed by atoms with Crippen molar-refractivity contribution in [3.05, 3.63) is 34.1 Å². The Hall–Kier alpha value is -1.73. The first-order valence-electron chi connectivity index (χ1n) is 5.86. The van der Waals surface area contributed by atoms with Gasteiger partial charge in [0.2, 0.25) is 0 Å². The summed E-state index contributed by atoms with van der Waals surface area (Å²) in [6, 6.07) is 3.10. The molecule has 2 rings (SSSR count). The minimum absolute atomic E-state index is 0.0751. The number of nitro groups is 1. The Bertz CT molecular complexity index is 483. The second-order valence-corrected chi connectivity index (χ2v) is 4.78. The molecular weight excluding hydrogens is 255 g/mol. The summed E-state index contributed by atoms with van der Waals surface area (Å²) < 4.78 is 24.4. The molecule has 1 aliphatic rings. The van der Waals surface area contributed by atoms with E-state index in [2.05, 4.69) is 5.32 Å². The molecule has 1 aliphatic heterocycles. The van der Waals surface area contributed by atoms with Crippen LogP contribution in [0.1, 0.15) is 13.8 Å². The van der Waals surface area contributed by atoms with Gasteiger partial charge in [0.1, 0.15) is 5.82 Å². The van der Waals surface area contributed by atoms with Gasteiger partial charge in [-0.1, -0.05) is 0 Å². The Balaban J connectivity index is 2.07. The molecule has 0 aromatic heterocycles. The number of hydrogen-bond donors (Lipinski definition) is 1. The number of nitro benzene ring substituents is 1. The number of anilines is 1. The molecule has 1 aromatic carbocycles. The molecule has 6 nitrogen and oxygen atoms in total. The van der Waals surface area contributed by atoms with Crippen molar-refractivity contribution in [2.45, 2.75) is 25.7 Å². The van der Waals surface area contributed by atoms with Crippen LogP contribution in [0.4, 0.5) is 15.8 Å². The fourth-order valence-electron chi connectivity index (χ4n) is 1.73. The zero-order valence-corrected chi connectivity index (χ0v) is 10.7. The van der Waals surface area contributed by atoms with Gasteiger partial charge in [-0.15, -0.1) is 0 Å². The van der Waals surface area contributed by atoms with E-state index in [1.807, 2.05) is 0 Å². The van der Waals surface area contributed by atoms with E-state index >= 15 is 0 Å². The predicted octanol–water partition coefficient (Wildman–Crippen LogP) is 2.30. The summed E-state index contributed by atoms with van der Waals surface area (Å²) in [6.45, 7) is 4.26. The second kappa shape index (κ2) is 5.10. The lowest BCUT2D eigenvalue weighted by molar-refractivity contribution is -0.384. The first kappa shape index (κ1) is 13.7. The van der Waals surface area contributed by atoms with Crippen LogP contribution < -0.4 is 5.32 Å². The minimum Gasteiger partial charge on any atom is -0.375 e. The SMILES string of the molecule is CC1(C)OCC(Nc2cc([N+](=O)[O-])ccc2F)CO1. The average molecular weight is 270 g/mol. The van der Waals surface area contributed by atoms with Crippen LogP contribution in [-0.4, -0.2) is 30.0 Å². The fourth-order valence-corrected chi connectivity index (χ4v) is 1.73. The lowest BCUT2D eigenvalue weighted by atomic mass is 10.2. The normalized spacial score (nSPS) is 19.1. The molecule has 0 amide bonds. The van der Waals surface area contributed by atoms with E-state index in [4.69, 9.17) is 9.47 Å². The van der Waals surface area contributed by atoms with E-state index in [1.165, 1.54) is 0 Å². The molecule has 0 atom stereocenters. The molecule has 1 heterocycles. The third-order valence-corrected chi connectivity index (χ3v) is 2.78. The largest absolute Gasteiger partial charge is 0.375 e. The molecule has 0 spiro atoms. The highest BCUT2D eigenvalue weighted by Crippen LogP contribution is 2.24. The van der Waals surface area contributed by atoms with Gasteiger partial charge in [0.15, 0.2) is 5.79 Å². The number of halogens is 1. The van der Waals surface area contributed by atoms with Crippen LogP contribution in [-0.2, 0) is 9.47 Å². The van der Waals surface area contributed by atoms with Crippen molar-refractivity contribution >= 4 is 11.4 Å². The molecule has 0 radical (unpaired) electrons. The number of hydrogen-bond acceptors (Lipinski definition) is 5. The molecule has 19 heavy (non-hydrogen) atoms. The monoisotopic (exact) mass is 270 g/mol. The summed E-state index contributed by atoms with van der Waals surface area (Å²) in [5, 5.41) is 13.5. The average Bonchev–Trinajstić information content (AvgIpc) is 2.34. The highest BCUT2D eigenvalue weighted by atomic mass is 19.1. The van der Waals surface area contributed by atoms with Gasteiger partial charge in [0.25, 0.3) is 5.69 Å². The number of rotatable bonds is 3. The standard InChI is InChI=1S/C12H15FN2O4/c1-12(2)18-6-8(7-19-12)14-11-5-9(15(16)17)3-4-10(11)13/h3-5,8,14H,6-7H2,1-2H3. The first-order chi connectivity index (χ1) is 8.87. The zero-order chi connectivity index (χ0) is 14.0. The molecule has 1 saturated heterocycles. The predicted molar refractivity (Wildman–Crippen MR) is 66.4 cm³/mol. The van der Waals surface area contributed by atoms with Gasteiger partial charge in [-0.3, -0.25) is 10.1 Å². The number of nitrogens with zero attached hydrogens (tertiary/aromatic N) is 1. The van der Waals surface area contributed by atoms with Crippen LogP contribution >= 0.6 is 0 Å². The van der Waals surface area contributed by atoms with Crippen molar-refractivity contribution in [1.29, 1.82) is 0 Å². The van der Waals surface area contributed by atoms with Gasteiger partial charge in [0.05, 0.1) is 29.9 Å². The summed E-state index contributed by atoms with van der Waals surface area (Å²) in [6.07, 6.45) is 0. The van der Waals surface area contributed by atoms with Crippen LogP contribution in [0.25, 0.3) is 0 Å². The lowest BCUT2D eigenvalue weighted by Gasteiger charge is -2.35. The summed E-state index contributed by atoms with van der Waals surface area (Å²) in [4.78, 5) is 10.1. The van der Waals surface area contributed by atoms with Crippen molar-refractivity contribution in [1.82, 2.24) is 0 Å². The lowest BCUT2D eigenvalue weighted by Crippen LogP contribution is -2.45. The molecule has 104 valence electrons. The Morgan fingerprint density at radius 1 is 1.42 bits per heavy atom. The van der Waals surface area contributed by atoms with Crippen molar-refractivity contribution in [3.63, 3.8) is 0 Å². The van der Waals surface area contributed by atoms with Gasteiger partial charge in [-0.2, -0.15) is 0 Å². The third-order valence-electron chi connectivity index (χ3n) is 2.78. The van der Waals surface area contributed by atoms with Gasteiger partial charge in [-0.05, 0) is 19.9 Å². The smallest absolute Gasteiger partial charge is 0.271 e. The molecule has 1 N–H and O–H groups in total. The van der Waals surface area contributed by atoms with E-state index in [-0.39, 0.29) is 17.4 Å².